The van der Waals surface area contributed by atoms with Gasteiger partial charge >= 0.3 is 0 Å². The van der Waals surface area contributed by atoms with Crippen LogP contribution in [0.1, 0.15) is 23.0 Å². The summed E-state index contributed by atoms with van der Waals surface area (Å²) in [4.78, 5) is 0. The first-order valence-corrected chi connectivity index (χ1v) is 6.52. The summed E-state index contributed by atoms with van der Waals surface area (Å²) in [5, 5.41) is 4.34. The minimum absolute atomic E-state index is 0.212. The molecule has 1 aromatic carbocycles. The molecule has 1 unspecified atom stereocenters. The Morgan fingerprint density at radius 3 is 2.30 bits per heavy atom. The molecule has 1 atom stereocenters. The molecule has 0 radical (unpaired) electrons. The SMILES string of the molecule is COc1cccc(OC)c1C(N)Cc1cc(C)nn1C. The van der Waals surface area contributed by atoms with Crippen molar-refractivity contribution in [3.8, 4) is 11.5 Å². The number of ether oxygens (including phenoxy) is 2. The summed E-state index contributed by atoms with van der Waals surface area (Å²) in [6.07, 6.45) is 0.675. The third-order valence-corrected chi connectivity index (χ3v) is 3.36. The Bertz CT molecular complexity index is 571. The average Bonchev–Trinajstić information content (AvgIpc) is 2.75. The molecular formula is C15H21N3O2. The Hall–Kier alpha value is -2.01. The zero-order valence-electron chi connectivity index (χ0n) is 12.4. The zero-order valence-corrected chi connectivity index (χ0v) is 12.4. The lowest BCUT2D eigenvalue weighted by molar-refractivity contribution is 0.378. The topological polar surface area (TPSA) is 62.3 Å². The van der Waals surface area contributed by atoms with Crippen LogP contribution in [0, 0.1) is 6.92 Å². The number of hydrogen-bond acceptors (Lipinski definition) is 4. The first-order chi connectivity index (χ1) is 9.56. The van der Waals surface area contributed by atoms with Crippen molar-refractivity contribution in [3.05, 3.63) is 41.2 Å². The molecule has 0 fully saturated rings. The average molecular weight is 275 g/mol. The third kappa shape index (κ3) is 2.77. The van der Waals surface area contributed by atoms with Gasteiger partial charge in [0.2, 0.25) is 0 Å². The Morgan fingerprint density at radius 2 is 1.85 bits per heavy atom. The Labute approximate surface area is 119 Å². The van der Waals surface area contributed by atoms with Crippen LogP contribution in [0.3, 0.4) is 0 Å². The number of hydrogen-bond donors (Lipinski definition) is 1. The van der Waals surface area contributed by atoms with E-state index in [2.05, 4.69) is 5.10 Å². The highest BCUT2D eigenvalue weighted by molar-refractivity contribution is 5.47. The van der Waals surface area contributed by atoms with Crippen molar-refractivity contribution < 1.29 is 9.47 Å². The first kappa shape index (κ1) is 14.4. The van der Waals surface area contributed by atoms with Gasteiger partial charge in [0, 0.05) is 25.2 Å². The minimum atomic E-state index is -0.212. The van der Waals surface area contributed by atoms with Crippen LogP contribution in [-0.2, 0) is 13.5 Å². The van der Waals surface area contributed by atoms with Crippen LogP contribution in [-0.4, -0.2) is 24.0 Å². The number of rotatable bonds is 5. The second-order valence-corrected chi connectivity index (χ2v) is 4.79. The first-order valence-electron chi connectivity index (χ1n) is 6.52. The molecule has 0 aliphatic carbocycles. The highest BCUT2D eigenvalue weighted by atomic mass is 16.5. The van der Waals surface area contributed by atoms with Crippen LogP contribution in [0.25, 0.3) is 0 Å². The molecule has 0 aliphatic heterocycles. The molecule has 0 aliphatic rings. The predicted molar refractivity (Wildman–Crippen MR) is 78.1 cm³/mol. The van der Waals surface area contributed by atoms with Gasteiger partial charge in [-0.15, -0.1) is 0 Å². The Morgan fingerprint density at radius 1 is 1.25 bits per heavy atom. The van der Waals surface area contributed by atoms with Crippen LogP contribution in [0.15, 0.2) is 24.3 Å². The molecule has 2 N–H and O–H groups in total. The number of nitrogens with two attached hydrogens (primary N) is 1. The summed E-state index contributed by atoms with van der Waals surface area (Å²) in [7, 11) is 5.20. The van der Waals surface area contributed by atoms with E-state index in [4.69, 9.17) is 15.2 Å². The lowest BCUT2D eigenvalue weighted by Gasteiger charge is -2.18. The van der Waals surface area contributed by atoms with Crippen molar-refractivity contribution in [2.45, 2.75) is 19.4 Å². The fourth-order valence-corrected chi connectivity index (χ4v) is 2.43. The van der Waals surface area contributed by atoms with Gasteiger partial charge in [-0.2, -0.15) is 5.10 Å². The number of nitrogens with zero attached hydrogens (tertiary/aromatic N) is 2. The largest absolute Gasteiger partial charge is 0.496 e. The van der Waals surface area contributed by atoms with Crippen molar-refractivity contribution in [2.75, 3.05) is 14.2 Å². The van der Waals surface area contributed by atoms with Gasteiger partial charge < -0.3 is 15.2 Å². The monoisotopic (exact) mass is 275 g/mol. The van der Waals surface area contributed by atoms with E-state index in [0.29, 0.717) is 6.42 Å². The highest BCUT2D eigenvalue weighted by Gasteiger charge is 2.19. The van der Waals surface area contributed by atoms with Crippen LogP contribution >= 0.6 is 0 Å². The van der Waals surface area contributed by atoms with Gasteiger partial charge in [0.1, 0.15) is 11.5 Å². The van der Waals surface area contributed by atoms with E-state index in [1.807, 2.05) is 42.9 Å². The van der Waals surface area contributed by atoms with Crippen LogP contribution < -0.4 is 15.2 Å². The maximum atomic E-state index is 6.36. The van der Waals surface area contributed by atoms with Gasteiger partial charge in [-0.05, 0) is 25.1 Å². The van der Waals surface area contributed by atoms with Crippen molar-refractivity contribution >= 4 is 0 Å². The van der Waals surface area contributed by atoms with E-state index >= 15 is 0 Å². The van der Waals surface area contributed by atoms with E-state index in [0.717, 1.165) is 28.5 Å². The lowest BCUT2D eigenvalue weighted by atomic mass is 10.0. The molecule has 1 heterocycles. The second kappa shape index (κ2) is 5.96. The Kier molecular flexibility index (Phi) is 4.29. The maximum Gasteiger partial charge on any atom is 0.127 e. The quantitative estimate of drug-likeness (QED) is 0.906. The molecule has 2 aromatic rings. The van der Waals surface area contributed by atoms with Crippen molar-refractivity contribution in [1.29, 1.82) is 0 Å². The number of benzene rings is 1. The molecule has 1 aromatic heterocycles. The van der Waals surface area contributed by atoms with Crippen LogP contribution in [0.4, 0.5) is 0 Å². The molecule has 0 amide bonds. The number of methoxy groups -OCH3 is 2. The summed E-state index contributed by atoms with van der Waals surface area (Å²) < 4.78 is 12.7. The number of aryl methyl sites for hydroxylation is 2. The van der Waals surface area contributed by atoms with Gasteiger partial charge in [0.15, 0.2) is 0 Å². The number of aromatic nitrogens is 2. The fraction of sp³-hybridized carbons (Fsp3) is 0.400. The van der Waals surface area contributed by atoms with Crippen molar-refractivity contribution in [2.24, 2.45) is 12.8 Å². The van der Waals surface area contributed by atoms with Crippen molar-refractivity contribution in [3.63, 3.8) is 0 Å². The molecule has 0 saturated heterocycles. The van der Waals surface area contributed by atoms with Gasteiger partial charge in [-0.25, -0.2) is 0 Å². The van der Waals surface area contributed by atoms with E-state index in [-0.39, 0.29) is 6.04 Å². The fourth-order valence-electron chi connectivity index (χ4n) is 2.43. The predicted octanol–water partition coefficient (Wildman–Crippen LogP) is 1.99. The molecule has 0 saturated carbocycles. The summed E-state index contributed by atoms with van der Waals surface area (Å²) in [6.45, 7) is 1.97. The summed E-state index contributed by atoms with van der Waals surface area (Å²) in [5.41, 5.74) is 9.32. The molecule has 0 spiro atoms. The van der Waals surface area contributed by atoms with Gasteiger partial charge in [-0.1, -0.05) is 6.07 Å². The molecule has 2 rings (SSSR count). The van der Waals surface area contributed by atoms with E-state index in [1.54, 1.807) is 14.2 Å². The van der Waals surface area contributed by atoms with Crippen LogP contribution in [0.5, 0.6) is 11.5 Å². The molecule has 0 bridgehead atoms. The van der Waals surface area contributed by atoms with E-state index in [1.165, 1.54) is 0 Å². The molecule has 5 nitrogen and oxygen atoms in total. The van der Waals surface area contributed by atoms with Gasteiger partial charge in [0.25, 0.3) is 0 Å². The maximum absolute atomic E-state index is 6.36. The van der Waals surface area contributed by atoms with E-state index in [9.17, 15) is 0 Å². The minimum Gasteiger partial charge on any atom is -0.496 e. The molecule has 20 heavy (non-hydrogen) atoms. The summed E-state index contributed by atoms with van der Waals surface area (Å²) >= 11 is 0. The molecule has 108 valence electrons. The normalized spacial score (nSPS) is 12.2. The molecular weight excluding hydrogens is 254 g/mol. The standard InChI is InChI=1S/C15H21N3O2/c1-10-8-11(18(2)17-10)9-12(16)15-13(19-3)6-5-7-14(15)20-4/h5-8,12H,9,16H2,1-4H3. The lowest BCUT2D eigenvalue weighted by Crippen LogP contribution is -2.17. The smallest absolute Gasteiger partial charge is 0.127 e. The van der Waals surface area contributed by atoms with Crippen molar-refractivity contribution in [1.82, 2.24) is 9.78 Å². The Balaban J connectivity index is 2.33. The van der Waals surface area contributed by atoms with Gasteiger partial charge in [-0.3, -0.25) is 4.68 Å². The van der Waals surface area contributed by atoms with Crippen LogP contribution in [0.2, 0.25) is 0 Å². The zero-order chi connectivity index (χ0) is 14.7. The molecule has 5 heteroatoms. The third-order valence-electron chi connectivity index (χ3n) is 3.36. The second-order valence-electron chi connectivity index (χ2n) is 4.79. The highest BCUT2D eigenvalue weighted by Crippen LogP contribution is 2.34. The van der Waals surface area contributed by atoms with E-state index < -0.39 is 0 Å². The summed E-state index contributed by atoms with van der Waals surface area (Å²) in [6, 6.07) is 7.51. The van der Waals surface area contributed by atoms with Gasteiger partial charge in [0.05, 0.1) is 25.5 Å². The summed E-state index contributed by atoms with van der Waals surface area (Å²) in [5.74, 6) is 1.49.